The average molecular weight is 361 g/mol. The van der Waals surface area contributed by atoms with E-state index in [1.54, 1.807) is 0 Å². The van der Waals surface area contributed by atoms with Crippen LogP contribution in [0.2, 0.25) is 0 Å². The Morgan fingerprint density at radius 2 is 1.77 bits per heavy atom. The quantitative estimate of drug-likeness (QED) is 0.819. The molecular formula is C19H28BNO5. The number of benzene rings is 1. The SMILES string of the molecule is CC(C)(C)OC(=O)Nc1ccc(B2OC(C)(C)C(C)(C)O2)c2c1OCC2. The summed E-state index contributed by atoms with van der Waals surface area (Å²) < 4.78 is 23.5. The lowest BCUT2D eigenvalue weighted by Gasteiger charge is -2.32. The number of nitrogens with one attached hydrogen (secondary N) is 1. The van der Waals surface area contributed by atoms with Crippen LogP contribution in [0.25, 0.3) is 0 Å². The molecule has 2 aliphatic rings. The Balaban J connectivity index is 1.86. The van der Waals surface area contributed by atoms with Crippen molar-refractivity contribution in [2.45, 2.75) is 71.7 Å². The van der Waals surface area contributed by atoms with Gasteiger partial charge in [0.1, 0.15) is 11.4 Å². The van der Waals surface area contributed by atoms with Gasteiger partial charge in [-0.3, -0.25) is 5.32 Å². The normalized spacial score (nSPS) is 20.5. The zero-order valence-electron chi connectivity index (χ0n) is 16.7. The second-order valence-electron chi connectivity index (χ2n) is 8.82. The van der Waals surface area contributed by atoms with Gasteiger partial charge in [-0.2, -0.15) is 0 Å². The van der Waals surface area contributed by atoms with E-state index in [9.17, 15) is 4.79 Å². The van der Waals surface area contributed by atoms with E-state index in [2.05, 4.69) is 5.32 Å². The molecule has 0 radical (unpaired) electrons. The van der Waals surface area contributed by atoms with Crippen molar-refractivity contribution in [2.24, 2.45) is 0 Å². The Bertz CT molecular complexity index is 707. The second kappa shape index (κ2) is 6.17. The van der Waals surface area contributed by atoms with Gasteiger partial charge in [0.2, 0.25) is 0 Å². The first-order chi connectivity index (χ1) is 11.9. The topological polar surface area (TPSA) is 66.0 Å². The van der Waals surface area contributed by atoms with Gasteiger partial charge in [-0.05, 0) is 65.6 Å². The molecule has 3 rings (SSSR count). The highest BCUT2D eigenvalue weighted by Crippen LogP contribution is 2.39. The predicted molar refractivity (Wildman–Crippen MR) is 101 cm³/mol. The third-order valence-electron chi connectivity index (χ3n) is 5.04. The lowest BCUT2D eigenvalue weighted by atomic mass is 9.75. The molecule has 0 unspecified atom stereocenters. The van der Waals surface area contributed by atoms with Crippen LogP contribution in [0.4, 0.5) is 10.5 Å². The largest absolute Gasteiger partial charge is 0.495 e. The molecule has 0 aliphatic carbocycles. The fourth-order valence-corrected chi connectivity index (χ4v) is 3.02. The number of rotatable bonds is 2. The van der Waals surface area contributed by atoms with E-state index in [0.717, 1.165) is 17.4 Å². The lowest BCUT2D eigenvalue weighted by molar-refractivity contribution is 0.00578. The summed E-state index contributed by atoms with van der Waals surface area (Å²) in [5.74, 6) is 0.670. The minimum Gasteiger partial charge on any atom is -0.491 e. The van der Waals surface area contributed by atoms with Gasteiger partial charge in [0.15, 0.2) is 0 Å². The van der Waals surface area contributed by atoms with Crippen LogP contribution in [-0.2, 0) is 20.5 Å². The van der Waals surface area contributed by atoms with Crippen molar-refractivity contribution >= 4 is 24.4 Å². The van der Waals surface area contributed by atoms with Crippen molar-refractivity contribution in [3.63, 3.8) is 0 Å². The van der Waals surface area contributed by atoms with Crippen LogP contribution in [0.1, 0.15) is 54.0 Å². The smallest absolute Gasteiger partial charge is 0.491 e. The molecule has 2 aliphatic heterocycles. The number of hydrogen-bond acceptors (Lipinski definition) is 5. The Morgan fingerprint density at radius 1 is 1.15 bits per heavy atom. The van der Waals surface area contributed by atoms with Crippen LogP contribution in [0, 0.1) is 0 Å². The van der Waals surface area contributed by atoms with Gasteiger partial charge in [0.25, 0.3) is 0 Å². The number of anilines is 1. The first kappa shape index (κ1) is 19.0. The fraction of sp³-hybridized carbons (Fsp3) is 0.632. The minimum atomic E-state index is -0.559. The molecule has 0 saturated carbocycles. The number of hydrogen-bond donors (Lipinski definition) is 1. The number of fused-ring (bicyclic) bond motifs is 1. The molecule has 142 valence electrons. The van der Waals surface area contributed by atoms with Crippen molar-refractivity contribution in [2.75, 3.05) is 11.9 Å². The molecule has 1 aromatic carbocycles. The maximum Gasteiger partial charge on any atom is 0.495 e. The molecule has 1 N–H and O–H groups in total. The molecule has 1 amide bonds. The summed E-state index contributed by atoms with van der Waals surface area (Å²) in [5, 5.41) is 2.78. The first-order valence-corrected chi connectivity index (χ1v) is 9.04. The highest BCUT2D eigenvalue weighted by atomic mass is 16.7. The maximum absolute atomic E-state index is 12.1. The van der Waals surface area contributed by atoms with Crippen LogP contribution in [0.3, 0.4) is 0 Å². The summed E-state index contributed by atoms with van der Waals surface area (Å²) in [4.78, 5) is 12.1. The van der Waals surface area contributed by atoms with Gasteiger partial charge in [0, 0.05) is 6.42 Å². The van der Waals surface area contributed by atoms with Gasteiger partial charge >= 0.3 is 13.2 Å². The zero-order valence-corrected chi connectivity index (χ0v) is 16.7. The molecule has 0 bridgehead atoms. The molecular weight excluding hydrogens is 333 g/mol. The second-order valence-corrected chi connectivity index (χ2v) is 8.82. The van der Waals surface area contributed by atoms with Gasteiger partial charge in [0.05, 0.1) is 23.5 Å². The molecule has 0 spiro atoms. The molecule has 6 nitrogen and oxygen atoms in total. The van der Waals surface area contributed by atoms with E-state index < -0.39 is 30.0 Å². The molecule has 0 aromatic heterocycles. The molecule has 1 saturated heterocycles. The van der Waals surface area contributed by atoms with Gasteiger partial charge in [-0.1, -0.05) is 6.07 Å². The van der Waals surface area contributed by atoms with E-state index in [-0.39, 0.29) is 0 Å². The minimum absolute atomic E-state index is 0.405. The Labute approximate surface area is 155 Å². The van der Waals surface area contributed by atoms with E-state index in [0.29, 0.717) is 18.0 Å². The van der Waals surface area contributed by atoms with E-state index >= 15 is 0 Å². The fourth-order valence-electron chi connectivity index (χ4n) is 3.02. The van der Waals surface area contributed by atoms with Gasteiger partial charge in [-0.15, -0.1) is 0 Å². The predicted octanol–water partition coefficient (Wildman–Crippen LogP) is 3.27. The van der Waals surface area contributed by atoms with Crippen molar-refractivity contribution in [3.8, 4) is 5.75 Å². The van der Waals surface area contributed by atoms with E-state index in [1.807, 2.05) is 60.6 Å². The number of ether oxygens (including phenoxy) is 2. The Morgan fingerprint density at radius 3 is 2.35 bits per heavy atom. The van der Waals surface area contributed by atoms with E-state index in [1.165, 1.54) is 0 Å². The molecule has 2 heterocycles. The molecule has 1 aromatic rings. The van der Waals surface area contributed by atoms with Crippen molar-refractivity contribution < 1.29 is 23.6 Å². The van der Waals surface area contributed by atoms with Crippen molar-refractivity contribution in [3.05, 3.63) is 17.7 Å². The maximum atomic E-state index is 12.1. The summed E-state index contributed by atoms with van der Waals surface area (Å²) in [6.07, 6.45) is 0.247. The van der Waals surface area contributed by atoms with Crippen LogP contribution in [-0.4, -0.2) is 36.6 Å². The highest BCUT2D eigenvalue weighted by Gasteiger charge is 2.52. The molecule has 0 atom stereocenters. The van der Waals surface area contributed by atoms with Crippen LogP contribution in [0.5, 0.6) is 5.75 Å². The van der Waals surface area contributed by atoms with Crippen molar-refractivity contribution in [1.82, 2.24) is 0 Å². The standard InChI is InChI=1S/C19H28BNO5/c1-17(2,3)24-16(22)21-14-9-8-13(12-10-11-23-15(12)14)20-25-18(4,5)19(6,7)26-20/h8-9H,10-11H2,1-7H3,(H,21,22). The summed E-state index contributed by atoms with van der Waals surface area (Å²) in [6.45, 7) is 14.2. The molecule has 1 fully saturated rings. The van der Waals surface area contributed by atoms with Crippen LogP contribution in [0.15, 0.2) is 12.1 Å². The number of carbonyl (C=O) groups excluding carboxylic acids is 1. The van der Waals surface area contributed by atoms with Crippen LogP contribution < -0.4 is 15.5 Å². The highest BCUT2D eigenvalue weighted by molar-refractivity contribution is 6.62. The first-order valence-electron chi connectivity index (χ1n) is 9.04. The third-order valence-corrected chi connectivity index (χ3v) is 5.04. The molecule has 7 heteroatoms. The summed E-state index contributed by atoms with van der Waals surface area (Å²) >= 11 is 0. The van der Waals surface area contributed by atoms with Gasteiger partial charge < -0.3 is 18.8 Å². The van der Waals surface area contributed by atoms with Gasteiger partial charge in [-0.25, -0.2) is 4.79 Å². The molecule has 26 heavy (non-hydrogen) atoms. The monoisotopic (exact) mass is 361 g/mol. The summed E-state index contributed by atoms with van der Waals surface area (Å²) in [7, 11) is -0.453. The Kier molecular flexibility index (Phi) is 4.52. The Hall–Kier alpha value is -1.73. The summed E-state index contributed by atoms with van der Waals surface area (Å²) in [6, 6.07) is 3.75. The average Bonchev–Trinajstić information content (AvgIpc) is 3.00. The summed E-state index contributed by atoms with van der Waals surface area (Å²) in [5.41, 5.74) is 1.20. The number of carbonyl (C=O) groups is 1. The third kappa shape index (κ3) is 3.55. The van der Waals surface area contributed by atoms with Crippen LogP contribution >= 0.6 is 0 Å². The van der Waals surface area contributed by atoms with Crippen molar-refractivity contribution in [1.29, 1.82) is 0 Å². The van der Waals surface area contributed by atoms with E-state index in [4.69, 9.17) is 18.8 Å². The zero-order chi connectivity index (χ0) is 19.3. The number of amides is 1. The lowest BCUT2D eigenvalue weighted by Crippen LogP contribution is -2.41.